The van der Waals surface area contributed by atoms with Gasteiger partial charge in [-0.3, -0.25) is 4.72 Å². The average molecular weight is 460 g/mol. The monoisotopic (exact) mass is 459 g/mol. The number of nitriles is 1. The molecule has 0 spiro atoms. The summed E-state index contributed by atoms with van der Waals surface area (Å²) >= 11 is 1.61. The number of aldehydes is 1. The second-order valence-corrected chi connectivity index (χ2v) is 8.78. The minimum absolute atomic E-state index is 0.0425. The fraction of sp³-hybridized carbons (Fsp3) is 0.269. The van der Waals surface area contributed by atoms with E-state index in [2.05, 4.69) is 15.8 Å². The maximum absolute atomic E-state index is 11.1. The van der Waals surface area contributed by atoms with Gasteiger partial charge in [0.2, 0.25) is 0 Å². The number of hydrogen-bond donors (Lipinski definition) is 1. The van der Waals surface area contributed by atoms with Crippen molar-refractivity contribution in [2.24, 2.45) is 0 Å². The van der Waals surface area contributed by atoms with E-state index in [1.807, 2.05) is 49.5 Å². The van der Waals surface area contributed by atoms with Crippen LogP contribution in [0.15, 0.2) is 60.8 Å². The van der Waals surface area contributed by atoms with Gasteiger partial charge in [0.15, 0.2) is 0 Å². The Bertz CT molecular complexity index is 1130. The normalized spacial score (nSPS) is 15.3. The number of nitrogens with zero attached hydrogens (tertiary/aromatic N) is 2. The smallest absolute Gasteiger partial charge is 0.145 e. The molecule has 0 amide bonds. The molecule has 1 N–H and O–H groups in total. The zero-order chi connectivity index (χ0) is 23.0. The number of pyridine rings is 1. The van der Waals surface area contributed by atoms with Gasteiger partial charge < -0.3 is 14.3 Å². The summed E-state index contributed by atoms with van der Waals surface area (Å²) in [5.74, 6) is 3.22. The first-order valence-electron chi connectivity index (χ1n) is 10.9. The Kier molecular flexibility index (Phi) is 7.61. The molecule has 168 valence electrons. The molecule has 0 fully saturated rings. The molecule has 1 aliphatic rings. The third-order valence-corrected chi connectivity index (χ3v) is 6.55. The van der Waals surface area contributed by atoms with Crippen molar-refractivity contribution in [2.75, 3.05) is 12.8 Å². The van der Waals surface area contributed by atoms with E-state index < -0.39 is 0 Å². The molecule has 0 radical (unpaired) electrons. The van der Waals surface area contributed by atoms with Crippen LogP contribution in [0, 0.1) is 11.3 Å². The van der Waals surface area contributed by atoms with Gasteiger partial charge >= 0.3 is 0 Å². The van der Waals surface area contributed by atoms with E-state index in [0.29, 0.717) is 17.9 Å². The fourth-order valence-corrected chi connectivity index (χ4v) is 4.71. The second kappa shape index (κ2) is 11.0. The van der Waals surface area contributed by atoms with Crippen LogP contribution in [0.25, 0.3) is 0 Å². The summed E-state index contributed by atoms with van der Waals surface area (Å²) in [7, 11) is 1.89. The molecular formula is C26H25N3O3S. The van der Waals surface area contributed by atoms with Gasteiger partial charge in [0.05, 0.1) is 6.20 Å². The number of ether oxygens (including phenoxy) is 2. The summed E-state index contributed by atoms with van der Waals surface area (Å²) in [4.78, 5) is 15.1. The van der Waals surface area contributed by atoms with E-state index in [9.17, 15) is 4.79 Å². The lowest BCUT2D eigenvalue weighted by molar-refractivity contribution is -0.108. The van der Waals surface area contributed by atoms with Crippen LogP contribution in [-0.2, 0) is 11.2 Å². The molecular weight excluding hydrogens is 434 g/mol. The molecule has 2 aromatic carbocycles. The van der Waals surface area contributed by atoms with E-state index >= 15 is 0 Å². The molecule has 0 saturated heterocycles. The Morgan fingerprint density at radius 2 is 2.03 bits per heavy atom. The van der Waals surface area contributed by atoms with Crippen LogP contribution >= 0.6 is 11.9 Å². The van der Waals surface area contributed by atoms with Crippen molar-refractivity contribution < 1.29 is 14.3 Å². The maximum atomic E-state index is 11.1. The molecule has 7 heteroatoms. The Labute approximate surface area is 198 Å². The predicted molar refractivity (Wildman–Crippen MR) is 129 cm³/mol. The molecule has 1 aromatic heterocycles. The van der Waals surface area contributed by atoms with Crippen LogP contribution in [-0.4, -0.2) is 24.1 Å². The van der Waals surface area contributed by atoms with Crippen molar-refractivity contribution in [1.29, 1.82) is 5.26 Å². The number of fused-ring (bicyclic) bond motifs is 1. The summed E-state index contributed by atoms with van der Waals surface area (Å²) in [6.45, 7) is 0. The minimum atomic E-state index is -0.0425. The van der Waals surface area contributed by atoms with Gasteiger partial charge in [-0.15, -0.1) is 0 Å². The Balaban J connectivity index is 1.45. The predicted octanol–water partition coefficient (Wildman–Crippen LogP) is 5.35. The fourth-order valence-electron chi connectivity index (χ4n) is 4.02. The molecule has 4 rings (SSSR count). The first-order chi connectivity index (χ1) is 16.2. The highest BCUT2D eigenvalue weighted by atomic mass is 32.2. The highest BCUT2D eigenvalue weighted by Gasteiger charge is 2.27. The van der Waals surface area contributed by atoms with Crippen molar-refractivity contribution in [2.45, 2.75) is 31.3 Å². The maximum Gasteiger partial charge on any atom is 0.145 e. The minimum Gasteiger partial charge on any atom is -0.486 e. The lowest BCUT2D eigenvalue weighted by Gasteiger charge is -2.18. The van der Waals surface area contributed by atoms with Crippen LogP contribution < -0.4 is 14.2 Å². The Morgan fingerprint density at radius 3 is 2.73 bits per heavy atom. The number of aromatic nitrogens is 1. The number of rotatable bonds is 10. The molecule has 3 aromatic rings. The average Bonchev–Trinajstić information content (AvgIpc) is 3.26. The van der Waals surface area contributed by atoms with Gasteiger partial charge in [-0.2, -0.15) is 5.26 Å². The van der Waals surface area contributed by atoms with E-state index in [-0.39, 0.29) is 12.0 Å². The van der Waals surface area contributed by atoms with E-state index in [1.54, 1.807) is 30.3 Å². The van der Waals surface area contributed by atoms with Crippen LogP contribution in [0.4, 0.5) is 0 Å². The molecule has 0 bridgehead atoms. The number of carbonyl (C=O) groups excluding carboxylic acids is 1. The van der Waals surface area contributed by atoms with Gasteiger partial charge in [-0.1, -0.05) is 36.2 Å². The number of benzene rings is 2. The third-order valence-electron chi connectivity index (χ3n) is 5.69. The standard InChI is InChI=1S/C26H25N3O3S/c1-28-33-17-19(13-14-30)18-5-8-21(9-6-18)31-26-12-11-24-23(26)3-2-4-25(24)32-22-10-7-20(15-27)29-16-22/h2-10,14,16,19,26,28H,11-13,17H2,1H3. The first kappa shape index (κ1) is 22.8. The summed E-state index contributed by atoms with van der Waals surface area (Å²) in [6, 6.07) is 19.5. The van der Waals surface area contributed by atoms with Crippen LogP contribution in [0.3, 0.4) is 0 Å². The topological polar surface area (TPSA) is 84.2 Å². The van der Waals surface area contributed by atoms with Gasteiger partial charge in [-0.25, -0.2) is 4.98 Å². The third kappa shape index (κ3) is 5.54. The zero-order valence-electron chi connectivity index (χ0n) is 18.4. The molecule has 1 aliphatic carbocycles. The molecule has 6 nitrogen and oxygen atoms in total. The summed E-state index contributed by atoms with van der Waals surface area (Å²) in [6.07, 6.45) is 4.74. The van der Waals surface area contributed by atoms with Gasteiger partial charge in [-0.05, 0) is 61.3 Å². The van der Waals surface area contributed by atoms with Crippen molar-refractivity contribution >= 4 is 18.2 Å². The zero-order valence-corrected chi connectivity index (χ0v) is 19.2. The van der Waals surface area contributed by atoms with Gasteiger partial charge in [0.1, 0.15) is 41.4 Å². The van der Waals surface area contributed by atoms with Gasteiger partial charge in [0.25, 0.3) is 0 Å². The first-order valence-corrected chi connectivity index (χ1v) is 11.8. The number of carbonyl (C=O) groups is 1. The largest absolute Gasteiger partial charge is 0.486 e. The summed E-state index contributed by atoms with van der Waals surface area (Å²) in [5, 5.41) is 8.91. The molecule has 1 heterocycles. The molecule has 0 saturated carbocycles. The molecule has 2 atom stereocenters. The van der Waals surface area contributed by atoms with Crippen LogP contribution in [0.1, 0.15) is 47.2 Å². The summed E-state index contributed by atoms with van der Waals surface area (Å²) in [5.41, 5.74) is 3.76. The molecule has 0 aliphatic heterocycles. The van der Waals surface area contributed by atoms with E-state index in [1.165, 1.54) is 0 Å². The van der Waals surface area contributed by atoms with Gasteiger partial charge in [0, 0.05) is 23.7 Å². The van der Waals surface area contributed by atoms with Crippen molar-refractivity contribution in [3.63, 3.8) is 0 Å². The Hall–Kier alpha value is -3.34. The number of nitrogens with one attached hydrogen (secondary N) is 1. The van der Waals surface area contributed by atoms with Crippen LogP contribution in [0.5, 0.6) is 17.2 Å². The lowest BCUT2D eigenvalue weighted by atomic mass is 9.98. The molecule has 33 heavy (non-hydrogen) atoms. The number of hydrogen-bond acceptors (Lipinski definition) is 7. The highest BCUT2D eigenvalue weighted by Crippen LogP contribution is 2.41. The van der Waals surface area contributed by atoms with E-state index in [4.69, 9.17) is 14.7 Å². The Morgan fingerprint density at radius 1 is 1.21 bits per heavy atom. The second-order valence-electron chi connectivity index (χ2n) is 7.75. The quantitative estimate of drug-likeness (QED) is 0.323. The van der Waals surface area contributed by atoms with E-state index in [0.717, 1.165) is 53.1 Å². The highest BCUT2D eigenvalue weighted by molar-refractivity contribution is 7.97. The van der Waals surface area contributed by atoms with Crippen molar-refractivity contribution in [1.82, 2.24) is 9.71 Å². The lowest BCUT2D eigenvalue weighted by Crippen LogP contribution is -2.07. The SMILES string of the molecule is CNSCC(CC=O)c1ccc(OC2CCc3c(Oc4ccc(C#N)nc4)cccc32)cc1. The molecule has 2 unspecified atom stereocenters. The summed E-state index contributed by atoms with van der Waals surface area (Å²) < 4.78 is 15.4. The van der Waals surface area contributed by atoms with Crippen molar-refractivity contribution in [3.05, 3.63) is 83.2 Å². The van der Waals surface area contributed by atoms with Crippen molar-refractivity contribution in [3.8, 4) is 23.3 Å². The van der Waals surface area contributed by atoms with Crippen LogP contribution in [0.2, 0.25) is 0 Å².